The second kappa shape index (κ2) is 5.61. The highest BCUT2D eigenvalue weighted by molar-refractivity contribution is 7.19. The Balaban J connectivity index is 1.81. The van der Waals surface area contributed by atoms with Crippen molar-refractivity contribution in [3.63, 3.8) is 0 Å². The zero-order chi connectivity index (χ0) is 14.1. The Kier molecular flexibility index (Phi) is 3.85. The summed E-state index contributed by atoms with van der Waals surface area (Å²) >= 11 is 1.45. The Labute approximate surface area is 122 Å². The monoisotopic (exact) mass is 295 g/mol. The molecule has 2 heterocycles. The highest BCUT2D eigenvalue weighted by Gasteiger charge is 2.34. The Morgan fingerprint density at radius 1 is 1.35 bits per heavy atom. The standard InChI is InChI=1S/C14H21N3O2S/c1-19-12-10(15)13(11(18)8-2-3-8)20-14(12)17-9-4-6-16-7-5-9/h8-9,16-17H,2-7,15H2,1H3. The number of thiophene rings is 1. The van der Waals surface area contributed by atoms with Crippen molar-refractivity contribution in [2.24, 2.45) is 5.92 Å². The summed E-state index contributed by atoms with van der Waals surface area (Å²) in [5, 5.41) is 7.74. The molecule has 20 heavy (non-hydrogen) atoms. The number of Topliss-reactive ketones (excluding diaryl/α,β-unsaturated/α-hetero) is 1. The van der Waals surface area contributed by atoms with Gasteiger partial charge in [-0.1, -0.05) is 0 Å². The van der Waals surface area contributed by atoms with Crippen molar-refractivity contribution in [2.75, 3.05) is 31.2 Å². The van der Waals surface area contributed by atoms with Gasteiger partial charge in [0.05, 0.1) is 17.7 Å². The Bertz CT molecular complexity index is 505. The topological polar surface area (TPSA) is 76.4 Å². The molecule has 4 N–H and O–H groups in total. The zero-order valence-electron chi connectivity index (χ0n) is 11.7. The molecule has 1 saturated carbocycles. The van der Waals surface area contributed by atoms with Crippen molar-refractivity contribution in [2.45, 2.75) is 31.7 Å². The molecular weight excluding hydrogens is 274 g/mol. The van der Waals surface area contributed by atoms with E-state index in [1.165, 1.54) is 11.3 Å². The molecule has 0 amide bonds. The van der Waals surface area contributed by atoms with Gasteiger partial charge in [0.2, 0.25) is 0 Å². The zero-order valence-corrected chi connectivity index (χ0v) is 12.5. The van der Waals surface area contributed by atoms with E-state index >= 15 is 0 Å². The van der Waals surface area contributed by atoms with Crippen LogP contribution in [0.15, 0.2) is 0 Å². The number of rotatable bonds is 5. The molecule has 110 valence electrons. The van der Waals surface area contributed by atoms with E-state index < -0.39 is 0 Å². The molecule has 1 saturated heterocycles. The van der Waals surface area contributed by atoms with Crippen LogP contribution in [0.25, 0.3) is 0 Å². The van der Waals surface area contributed by atoms with Crippen LogP contribution in [0.2, 0.25) is 0 Å². The third-order valence-corrected chi connectivity index (χ3v) is 5.08. The number of piperidine rings is 1. The van der Waals surface area contributed by atoms with Crippen molar-refractivity contribution >= 4 is 27.8 Å². The maximum Gasteiger partial charge on any atom is 0.178 e. The van der Waals surface area contributed by atoms with E-state index in [-0.39, 0.29) is 11.7 Å². The predicted molar refractivity (Wildman–Crippen MR) is 81.9 cm³/mol. The van der Waals surface area contributed by atoms with Gasteiger partial charge in [-0.25, -0.2) is 0 Å². The van der Waals surface area contributed by atoms with E-state index in [1.54, 1.807) is 7.11 Å². The maximum atomic E-state index is 12.2. The van der Waals surface area contributed by atoms with Crippen LogP contribution >= 0.6 is 11.3 Å². The number of hydrogen-bond donors (Lipinski definition) is 3. The second-order valence-corrected chi connectivity index (χ2v) is 6.53. The van der Waals surface area contributed by atoms with Crippen LogP contribution in [0.3, 0.4) is 0 Å². The Morgan fingerprint density at radius 2 is 2.05 bits per heavy atom. The number of hydrogen-bond acceptors (Lipinski definition) is 6. The van der Waals surface area contributed by atoms with Crippen molar-refractivity contribution in [1.29, 1.82) is 0 Å². The highest BCUT2D eigenvalue weighted by atomic mass is 32.1. The van der Waals surface area contributed by atoms with E-state index in [1.807, 2.05) is 0 Å². The maximum absolute atomic E-state index is 12.2. The second-order valence-electron chi connectivity index (χ2n) is 5.51. The van der Waals surface area contributed by atoms with Gasteiger partial charge in [-0.3, -0.25) is 4.79 Å². The molecule has 0 aromatic carbocycles. The van der Waals surface area contributed by atoms with Crippen molar-refractivity contribution in [3.8, 4) is 5.75 Å². The molecule has 0 radical (unpaired) electrons. The van der Waals surface area contributed by atoms with Crippen LogP contribution in [-0.4, -0.2) is 32.0 Å². The number of nitrogens with one attached hydrogen (secondary N) is 2. The summed E-state index contributed by atoms with van der Waals surface area (Å²) in [5.74, 6) is 1.01. The van der Waals surface area contributed by atoms with Crippen LogP contribution in [-0.2, 0) is 0 Å². The highest BCUT2D eigenvalue weighted by Crippen LogP contribution is 2.46. The van der Waals surface area contributed by atoms with Gasteiger partial charge >= 0.3 is 0 Å². The fourth-order valence-corrected chi connectivity index (χ4v) is 3.78. The molecular formula is C14H21N3O2S. The SMILES string of the molecule is COc1c(NC2CCNCC2)sc(C(=O)C2CC2)c1N. The van der Waals surface area contributed by atoms with Crippen LogP contribution in [0, 0.1) is 5.92 Å². The molecule has 0 atom stereocenters. The summed E-state index contributed by atoms with van der Waals surface area (Å²) in [6.45, 7) is 2.05. The molecule has 2 fully saturated rings. The minimum atomic E-state index is 0.184. The summed E-state index contributed by atoms with van der Waals surface area (Å²) < 4.78 is 5.40. The first kappa shape index (κ1) is 13.7. The molecule has 1 aliphatic carbocycles. The number of carbonyl (C=O) groups excluding carboxylic acids is 1. The van der Waals surface area contributed by atoms with Gasteiger partial charge in [0.1, 0.15) is 5.00 Å². The average molecular weight is 295 g/mol. The number of ether oxygens (including phenoxy) is 1. The average Bonchev–Trinajstić information content (AvgIpc) is 3.25. The Morgan fingerprint density at radius 3 is 2.65 bits per heavy atom. The van der Waals surface area contributed by atoms with Gasteiger partial charge in [0.15, 0.2) is 11.5 Å². The lowest BCUT2D eigenvalue weighted by atomic mass is 10.1. The lowest BCUT2D eigenvalue weighted by Gasteiger charge is -2.24. The number of anilines is 2. The molecule has 1 aromatic rings. The van der Waals surface area contributed by atoms with E-state index in [9.17, 15) is 4.79 Å². The van der Waals surface area contributed by atoms with E-state index in [4.69, 9.17) is 10.5 Å². The number of nitrogens with two attached hydrogens (primary N) is 1. The van der Waals surface area contributed by atoms with Gasteiger partial charge in [-0.05, 0) is 38.8 Å². The quantitative estimate of drug-likeness (QED) is 0.725. The number of methoxy groups -OCH3 is 1. The minimum absolute atomic E-state index is 0.184. The summed E-state index contributed by atoms with van der Waals surface area (Å²) in [6.07, 6.45) is 4.14. The fourth-order valence-electron chi connectivity index (χ4n) is 2.59. The first-order valence-corrected chi connectivity index (χ1v) is 8.00. The lowest BCUT2D eigenvalue weighted by molar-refractivity contribution is 0.0972. The van der Waals surface area contributed by atoms with Crippen molar-refractivity contribution in [1.82, 2.24) is 5.32 Å². The van der Waals surface area contributed by atoms with Gasteiger partial charge in [-0.2, -0.15) is 0 Å². The smallest absolute Gasteiger partial charge is 0.178 e. The van der Waals surface area contributed by atoms with Gasteiger partial charge < -0.3 is 21.1 Å². The van der Waals surface area contributed by atoms with E-state index in [0.717, 1.165) is 43.8 Å². The largest absolute Gasteiger partial charge is 0.492 e. The number of carbonyl (C=O) groups is 1. The fraction of sp³-hybridized carbons (Fsp3) is 0.643. The molecule has 1 aliphatic heterocycles. The molecule has 5 nitrogen and oxygen atoms in total. The first-order chi connectivity index (χ1) is 9.70. The van der Waals surface area contributed by atoms with E-state index in [2.05, 4.69) is 10.6 Å². The third kappa shape index (κ3) is 2.62. The number of ketones is 1. The van der Waals surface area contributed by atoms with Crippen molar-refractivity contribution in [3.05, 3.63) is 4.88 Å². The minimum Gasteiger partial charge on any atom is -0.492 e. The molecule has 3 rings (SSSR count). The number of nitrogen functional groups attached to an aromatic ring is 1. The normalized spacial score (nSPS) is 19.9. The summed E-state index contributed by atoms with van der Waals surface area (Å²) in [4.78, 5) is 12.9. The first-order valence-electron chi connectivity index (χ1n) is 7.18. The van der Waals surface area contributed by atoms with Crippen molar-refractivity contribution < 1.29 is 9.53 Å². The summed E-state index contributed by atoms with van der Waals surface area (Å²) in [5.41, 5.74) is 6.60. The molecule has 0 spiro atoms. The van der Waals surface area contributed by atoms with Gasteiger partial charge in [0, 0.05) is 12.0 Å². The van der Waals surface area contributed by atoms with Gasteiger partial charge in [-0.15, -0.1) is 11.3 Å². The molecule has 0 unspecified atom stereocenters. The Hall–Kier alpha value is -1.27. The van der Waals surface area contributed by atoms with Crippen LogP contribution in [0.1, 0.15) is 35.4 Å². The molecule has 2 aliphatic rings. The predicted octanol–water partition coefficient (Wildman–Crippen LogP) is 2.10. The molecule has 0 bridgehead atoms. The third-order valence-electron chi connectivity index (χ3n) is 3.95. The molecule has 1 aromatic heterocycles. The molecule has 6 heteroatoms. The van der Waals surface area contributed by atoms with E-state index in [0.29, 0.717) is 22.4 Å². The summed E-state index contributed by atoms with van der Waals surface area (Å²) in [6, 6.07) is 0.423. The van der Waals surface area contributed by atoms with Crippen LogP contribution < -0.4 is 21.1 Å². The van der Waals surface area contributed by atoms with Crippen LogP contribution in [0.5, 0.6) is 5.75 Å². The van der Waals surface area contributed by atoms with Gasteiger partial charge in [0.25, 0.3) is 0 Å². The summed E-state index contributed by atoms with van der Waals surface area (Å²) in [7, 11) is 1.61. The van der Waals surface area contributed by atoms with Crippen LogP contribution in [0.4, 0.5) is 10.7 Å². The lowest BCUT2D eigenvalue weighted by Crippen LogP contribution is -2.35.